The summed E-state index contributed by atoms with van der Waals surface area (Å²) in [6, 6.07) is 7.79. The minimum absolute atomic E-state index is 0.578. The van der Waals surface area contributed by atoms with Crippen LogP contribution in [0.25, 0.3) is 0 Å². The third-order valence-electron chi connectivity index (χ3n) is 2.69. The number of anilines is 1. The second-order valence-corrected chi connectivity index (χ2v) is 5.02. The lowest BCUT2D eigenvalue weighted by molar-refractivity contribution is 0.461. The van der Waals surface area contributed by atoms with E-state index < -0.39 is 0 Å². The molecule has 1 aromatic carbocycles. The Kier molecular flexibility index (Phi) is 3.87. The monoisotopic (exact) mass is 306 g/mol. The molecule has 0 radical (unpaired) electrons. The quantitative estimate of drug-likeness (QED) is 0.869. The van der Waals surface area contributed by atoms with Crippen molar-refractivity contribution in [2.45, 2.75) is 20.3 Å². The third-order valence-corrected chi connectivity index (χ3v) is 3.12. The van der Waals surface area contributed by atoms with Crippen LogP contribution in [0.1, 0.15) is 18.1 Å². The van der Waals surface area contributed by atoms with E-state index in [4.69, 9.17) is 10.5 Å². The van der Waals surface area contributed by atoms with Crippen molar-refractivity contribution in [2.75, 3.05) is 5.73 Å². The van der Waals surface area contributed by atoms with Gasteiger partial charge < -0.3 is 10.5 Å². The lowest BCUT2D eigenvalue weighted by atomic mass is 10.1. The maximum atomic E-state index is 5.96. The van der Waals surface area contributed by atoms with E-state index in [2.05, 4.69) is 27.8 Å². The van der Waals surface area contributed by atoms with Gasteiger partial charge in [0.25, 0.3) is 0 Å². The van der Waals surface area contributed by atoms with Crippen molar-refractivity contribution in [3.8, 4) is 11.6 Å². The zero-order valence-electron chi connectivity index (χ0n) is 10.4. The molecule has 0 saturated carbocycles. The minimum Gasteiger partial charge on any atom is -0.437 e. The van der Waals surface area contributed by atoms with E-state index in [0.717, 1.165) is 16.5 Å². The highest BCUT2D eigenvalue weighted by molar-refractivity contribution is 9.10. The summed E-state index contributed by atoms with van der Waals surface area (Å²) in [5.41, 5.74) is 8.76. The first-order valence-corrected chi connectivity index (χ1v) is 6.58. The Morgan fingerprint density at radius 3 is 2.72 bits per heavy atom. The zero-order chi connectivity index (χ0) is 13.1. The molecule has 1 heterocycles. The number of nitrogen functional groups attached to an aromatic ring is 1. The molecule has 2 aromatic rings. The largest absolute Gasteiger partial charge is 0.437 e. The van der Waals surface area contributed by atoms with E-state index in [1.165, 1.54) is 5.56 Å². The van der Waals surface area contributed by atoms with E-state index in [9.17, 15) is 0 Å². The molecular weight excluding hydrogens is 292 g/mol. The van der Waals surface area contributed by atoms with Gasteiger partial charge in [0.2, 0.25) is 5.88 Å². The fraction of sp³-hybridized carbons (Fsp3) is 0.214. The summed E-state index contributed by atoms with van der Waals surface area (Å²) in [4.78, 5) is 4.23. The summed E-state index contributed by atoms with van der Waals surface area (Å²) in [5, 5.41) is 0. The molecule has 1 aromatic heterocycles. The average molecular weight is 307 g/mol. The van der Waals surface area contributed by atoms with Crippen LogP contribution in [0.4, 0.5) is 5.69 Å². The Morgan fingerprint density at radius 2 is 2.11 bits per heavy atom. The van der Waals surface area contributed by atoms with Gasteiger partial charge in [0.1, 0.15) is 0 Å². The predicted octanol–water partition coefficient (Wildman–Crippen LogP) is 4.09. The van der Waals surface area contributed by atoms with Gasteiger partial charge in [-0.15, -0.1) is 0 Å². The normalized spacial score (nSPS) is 10.4. The van der Waals surface area contributed by atoms with Gasteiger partial charge >= 0.3 is 0 Å². The molecule has 2 rings (SSSR count). The number of ether oxygens (including phenoxy) is 1. The van der Waals surface area contributed by atoms with Crippen molar-refractivity contribution in [3.63, 3.8) is 0 Å². The van der Waals surface area contributed by atoms with Gasteiger partial charge in [0.05, 0.1) is 5.69 Å². The van der Waals surface area contributed by atoms with Gasteiger partial charge in [-0.3, -0.25) is 0 Å². The molecule has 0 amide bonds. The molecule has 18 heavy (non-hydrogen) atoms. The van der Waals surface area contributed by atoms with Gasteiger partial charge in [-0.1, -0.05) is 13.0 Å². The highest BCUT2D eigenvalue weighted by Gasteiger charge is 2.07. The Labute approximate surface area is 115 Å². The van der Waals surface area contributed by atoms with Crippen molar-refractivity contribution < 1.29 is 4.74 Å². The molecule has 0 spiro atoms. The van der Waals surface area contributed by atoms with Crippen molar-refractivity contribution in [2.24, 2.45) is 0 Å². The van der Waals surface area contributed by atoms with Gasteiger partial charge in [0.15, 0.2) is 5.75 Å². The number of nitrogens with two attached hydrogens (primary N) is 1. The van der Waals surface area contributed by atoms with E-state index in [0.29, 0.717) is 17.3 Å². The number of hydrogen-bond donors (Lipinski definition) is 1. The van der Waals surface area contributed by atoms with Crippen LogP contribution in [0, 0.1) is 6.92 Å². The fourth-order valence-corrected chi connectivity index (χ4v) is 2.10. The zero-order valence-corrected chi connectivity index (χ0v) is 12.0. The summed E-state index contributed by atoms with van der Waals surface area (Å²) in [7, 11) is 0. The average Bonchev–Trinajstić information content (AvgIpc) is 2.34. The smallest absolute Gasteiger partial charge is 0.222 e. The van der Waals surface area contributed by atoms with Crippen LogP contribution < -0.4 is 10.5 Å². The van der Waals surface area contributed by atoms with Crippen LogP contribution in [-0.4, -0.2) is 4.98 Å². The van der Waals surface area contributed by atoms with Crippen LogP contribution in [0.15, 0.2) is 34.9 Å². The first-order chi connectivity index (χ1) is 8.60. The number of pyridine rings is 1. The maximum absolute atomic E-state index is 5.96. The molecule has 0 bridgehead atoms. The first kappa shape index (κ1) is 12.9. The van der Waals surface area contributed by atoms with Crippen molar-refractivity contribution in [1.82, 2.24) is 4.98 Å². The van der Waals surface area contributed by atoms with E-state index >= 15 is 0 Å². The van der Waals surface area contributed by atoms with Crippen molar-refractivity contribution >= 4 is 21.6 Å². The minimum atomic E-state index is 0.578. The van der Waals surface area contributed by atoms with Crippen LogP contribution in [0.3, 0.4) is 0 Å². The number of hydrogen-bond acceptors (Lipinski definition) is 3. The lowest BCUT2D eigenvalue weighted by Gasteiger charge is -2.10. The number of benzene rings is 1. The first-order valence-electron chi connectivity index (χ1n) is 5.78. The molecule has 0 aliphatic heterocycles. The summed E-state index contributed by atoms with van der Waals surface area (Å²) < 4.78 is 6.67. The van der Waals surface area contributed by atoms with Crippen LogP contribution >= 0.6 is 15.9 Å². The van der Waals surface area contributed by atoms with Crippen LogP contribution in [-0.2, 0) is 6.42 Å². The van der Waals surface area contributed by atoms with Crippen molar-refractivity contribution in [3.05, 3.63) is 46.1 Å². The number of aromatic nitrogens is 1. The Morgan fingerprint density at radius 1 is 1.33 bits per heavy atom. The van der Waals surface area contributed by atoms with Crippen molar-refractivity contribution in [1.29, 1.82) is 0 Å². The lowest BCUT2D eigenvalue weighted by Crippen LogP contribution is -1.96. The van der Waals surface area contributed by atoms with Gasteiger partial charge in [-0.2, -0.15) is 0 Å². The molecular formula is C14H15BrN2O. The molecule has 0 saturated heterocycles. The third kappa shape index (κ3) is 2.82. The summed E-state index contributed by atoms with van der Waals surface area (Å²) in [6.45, 7) is 4.04. The number of rotatable bonds is 3. The fourth-order valence-electron chi connectivity index (χ4n) is 1.65. The molecule has 3 nitrogen and oxygen atoms in total. The van der Waals surface area contributed by atoms with E-state index in [-0.39, 0.29) is 0 Å². The molecule has 2 N–H and O–H groups in total. The summed E-state index contributed by atoms with van der Waals surface area (Å²) >= 11 is 3.37. The topological polar surface area (TPSA) is 48.1 Å². The van der Waals surface area contributed by atoms with Crippen LogP contribution in [0.2, 0.25) is 0 Å². The van der Waals surface area contributed by atoms with Gasteiger partial charge in [0, 0.05) is 16.2 Å². The number of halogens is 1. The molecule has 4 heteroatoms. The number of aryl methyl sites for hydroxylation is 2. The molecule has 0 atom stereocenters. The molecule has 0 aliphatic carbocycles. The highest BCUT2D eigenvalue weighted by Crippen LogP contribution is 2.29. The summed E-state index contributed by atoms with van der Waals surface area (Å²) in [5.74, 6) is 1.22. The van der Waals surface area contributed by atoms with Gasteiger partial charge in [-0.25, -0.2) is 4.98 Å². The predicted molar refractivity (Wildman–Crippen MR) is 77.0 cm³/mol. The SMILES string of the molecule is CCc1ccc(Oc2ncc(Br)cc2C)c(N)c1. The Hall–Kier alpha value is -1.55. The molecule has 0 fully saturated rings. The second-order valence-electron chi connectivity index (χ2n) is 4.10. The molecule has 94 valence electrons. The number of nitrogens with zero attached hydrogens (tertiary/aromatic N) is 1. The van der Waals surface area contributed by atoms with Crippen LogP contribution in [0.5, 0.6) is 11.6 Å². The second kappa shape index (κ2) is 5.40. The van der Waals surface area contributed by atoms with Gasteiger partial charge in [-0.05, 0) is 53.0 Å². The Balaban J connectivity index is 2.28. The molecule has 0 unspecified atom stereocenters. The van der Waals surface area contributed by atoms with E-state index in [1.54, 1.807) is 6.20 Å². The maximum Gasteiger partial charge on any atom is 0.222 e. The highest BCUT2D eigenvalue weighted by atomic mass is 79.9. The standard InChI is InChI=1S/C14H15BrN2O/c1-3-10-4-5-13(12(16)7-10)18-14-9(2)6-11(15)8-17-14/h4-8H,3,16H2,1-2H3. The van der Waals surface area contributed by atoms with E-state index in [1.807, 2.05) is 31.2 Å². The summed E-state index contributed by atoms with van der Waals surface area (Å²) in [6.07, 6.45) is 2.67. The molecule has 0 aliphatic rings. The Bertz CT molecular complexity index is 570.